The summed E-state index contributed by atoms with van der Waals surface area (Å²) in [6, 6.07) is 6.39. The molecule has 0 radical (unpaired) electrons. The maximum atomic E-state index is 11.8. The van der Waals surface area contributed by atoms with Crippen molar-refractivity contribution in [3.8, 4) is 12.3 Å². The van der Waals surface area contributed by atoms with Gasteiger partial charge in [-0.1, -0.05) is 24.1 Å². The lowest BCUT2D eigenvalue weighted by Crippen LogP contribution is -2.28. The highest BCUT2D eigenvalue weighted by Crippen LogP contribution is 2.23. The van der Waals surface area contributed by atoms with Crippen LogP contribution in [0.4, 0.5) is 0 Å². The Morgan fingerprint density at radius 3 is 2.94 bits per heavy atom. The fourth-order valence-corrected chi connectivity index (χ4v) is 2.27. The van der Waals surface area contributed by atoms with Crippen LogP contribution < -0.4 is 0 Å². The molecule has 1 aliphatic carbocycles. The molecule has 0 aliphatic heterocycles. The summed E-state index contributed by atoms with van der Waals surface area (Å²) in [5.41, 5.74) is 3.95. The van der Waals surface area contributed by atoms with Crippen molar-refractivity contribution >= 4 is 5.91 Å². The first kappa shape index (κ1) is 11.7. The minimum absolute atomic E-state index is 0.0842. The molecule has 2 rings (SSSR count). The van der Waals surface area contributed by atoms with Gasteiger partial charge in [-0.05, 0) is 36.0 Å². The van der Waals surface area contributed by atoms with Gasteiger partial charge in [0.25, 0.3) is 0 Å². The van der Waals surface area contributed by atoms with Gasteiger partial charge in [-0.2, -0.15) is 0 Å². The highest BCUT2D eigenvalue weighted by Gasteiger charge is 2.13. The molecule has 1 aromatic rings. The molecule has 0 spiro atoms. The monoisotopic (exact) mass is 227 g/mol. The summed E-state index contributed by atoms with van der Waals surface area (Å²) in [7, 11) is 1.75. The minimum atomic E-state index is 0.0842. The third kappa shape index (κ3) is 2.68. The number of aryl methyl sites for hydroxylation is 2. The number of hydrogen-bond donors (Lipinski definition) is 0. The summed E-state index contributed by atoms with van der Waals surface area (Å²) in [4.78, 5) is 13.4. The number of benzene rings is 1. The van der Waals surface area contributed by atoms with Crippen LogP contribution in [0.15, 0.2) is 18.2 Å². The van der Waals surface area contributed by atoms with E-state index in [-0.39, 0.29) is 5.91 Å². The molecule has 0 N–H and O–H groups in total. The second-order valence-corrected chi connectivity index (χ2v) is 4.59. The summed E-state index contributed by atoms with van der Waals surface area (Å²) in [6.45, 7) is 0.379. The Morgan fingerprint density at radius 2 is 2.18 bits per heavy atom. The number of fused-ring (bicyclic) bond motifs is 1. The lowest BCUT2D eigenvalue weighted by molar-refractivity contribution is -0.128. The van der Waals surface area contributed by atoms with E-state index in [2.05, 4.69) is 24.1 Å². The highest BCUT2D eigenvalue weighted by molar-refractivity contribution is 5.78. The average Bonchev–Trinajstić information content (AvgIpc) is 2.76. The van der Waals surface area contributed by atoms with E-state index in [0.717, 1.165) is 12.0 Å². The molecule has 88 valence electrons. The standard InChI is InChI=1S/C15H17NO/c1-3-9-16(2)15(17)11-12-7-8-13-5-4-6-14(13)10-12/h1,7-8,10H,4-6,9,11H2,2H3. The summed E-state index contributed by atoms with van der Waals surface area (Å²) < 4.78 is 0. The minimum Gasteiger partial charge on any atom is -0.334 e. The molecule has 0 saturated carbocycles. The molecule has 0 bridgehead atoms. The first-order chi connectivity index (χ1) is 8.20. The third-order valence-electron chi connectivity index (χ3n) is 3.27. The lowest BCUT2D eigenvalue weighted by Gasteiger charge is -2.14. The Kier molecular flexibility index (Phi) is 3.49. The van der Waals surface area contributed by atoms with Crippen molar-refractivity contribution in [3.05, 3.63) is 34.9 Å². The van der Waals surface area contributed by atoms with Gasteiger partial charge in [-0.15, -0.1) is 6.42 Å². The fourth-order valence-electron chi connectivity index (χ4n) is 2.27. The molecule has 0 unspecified atom stereocenters. The summed E-state index contributed by atoms with van der Waals surface area (Å²) in [6.07, 6.45) is 9.21. The Bertz CT molecular complexity index is 470. The van der Waals surface area contributed by atoms with E-state index in [1.807, 2.05) is 0 Å². The molecule has 2 heteroatoms. The molecule has 1 amide bonds. The number of nitrogens with zero attached hydrogens (tertiary/aromatic N) is 1. The molecule has 1 aromatic carbocycles. The zero-order valence-electron chi connectivity index (χ0n) is 10.2. The van der Waals surface area contributed by atoms with Crippen LogP contribution in [0.25, 0.3) is 0 Å². The molecule has 0 saturated heterocycles. The van der Waals surface area contributed by atoms with Gasteiger partial charge in [0.15, 0.2) is 0 Å². The number of amides is 1. The van der Waals surface area contributed by atoms with Crippen LogP contribution in [0.2, 0.25) is 0 Å². The number of rotatable bonds is 3. The molecule has 2 nitrogen and oxygen atoms in total. The molecular weight excluding hydrogens is 210 g/mol. The largest absolute Gasteiger partial charge is 0.334 e. The van der Waals surface area contributed by atoms with Crippen molar-refractivity contribution in [1.29, 1.82) is 0 Å². The summed E-state index contributed by atoms with van der Waals surface area (Å²) >= 11 is 0. The van der Waals surface area contributed by atoms with E-state index in [1.165, 1.54) is 24.0 Å². The van der Waals surface area contributed by atoms with Gasteiger partial charge in [-0.3, -0.25) is 4.79 Å². The zero-order valence-corrected chi connectivity index (χ0v) is 10.2. The van der Waals surface area contributed by atoms with Gasteiger partial charge in [0.05, 0.1) is 13.0 Å². The predicted octanol–water partition coefficient (Wildman–Crippen LogP) is 1.81. The molecular formula is C15H17NO. The van der Waals surface area contributed by atoms with E-state index in [4.69, 9.17) is 6.42 Å². The molecule has 0 fully saturated rings. The van der Waals surface area contributed by atoms with Crippen LogP contribution in [0, 0.1) is 12.3 Å². The predicted molar refractivity (Wildman–Crippen MR) is 68.6 cm³/mol. The topological polar surface area (TPSA) is 20.3 Å². The molecule has 0 aromatic heterocycles. The maximum absolute atomic E-state index is 11.8. The quantitative estimate of drug-likeness (QED) is 0.721. The van der Waals surface area contributed by atoms with Crippen LogP contribution in [-0.4, -0.2) is 24.4 Å². The Hall–Kier alpha value is -1.75. The first-order valence-electron chi connectivity index (χ1n) is 5.99. The SMILES string of the molecule is C#CCN(C)C(=O)Cc1ccc2c(c1)CCC2. The van der Waals surface area contributed by atoms with Crippen LogP contribution in [0.3, 0.4) is 0 Å². The lowest BCUT2D eigenvalue weighted by atomic mass is 10.0. The second-order valence-electron chi connectivity index (χ2n) is 4.59. The van der Waals surface area contributed by atoms with Gasteiger partial charge >= 0.3 is 0 Å². The summed E-state index contributed by atoms with van der Waals surface area (Å²) in [5, 5.41) is 0. The van der Waals surface area contributed by atoms with Crippen molar-refractivity contribution in [2.75, 3.05) is 13.6 Å². The fraction of sp³-hybridized carbons (Fsp3) is 0.400. The van der Waals surface area contributed by atoms with Gasteiger partial charge in [-0.25, -0.2) is 0 Å². The normalized spacial score (nSPS) is 12.9. The Morgan fingerprint density at radius 1 is 1.41 bits per heavy atom. The van der Waals surface area contributed by atoms with E-state index < -0.39 is 0 Å². The number of likely N-dealkylation sites (N-methyl/N-ethyl adjacent to an activating group) is 1. The molecule has 0 heterocycles. The third-order valence-corrected chi connectivity index (χ3v) is 3.27. The van der Waals surface area contributed by atoms with Crippen LogP contribution >= 0.6 is 0 Å². The van der Waals surface area contributed by atoms with Crippen LogP contribution in [0.1, 0.15) is 23.1 Å². The Labute approximate surface area is 103 Å². The van der Waals surface area contributed by atoms with E-state index in [9.17, 15) is 4.79 Å². The highest BCUT2D eigenvalue weighted by atomic mass is 16.2. The van der Waals surface area contributed by atoms with Gasteiger partial charge < -0.3 is 4.90 Å². The van der Waals surface area contributed by atoms with Crippen molar-refractivity contribution in [3.63, 3.8) is 0 Å². The number of hydrogen-bond acceptors (Lipinski definition) is 1. The van der Waals surface area contributed by atoms with E-state index >= 15 is 0 Å². The zero-order chi connectivity index (χ0) is 12.3. The van der Waals surface area contributed by atoms with Crippen molar-refractivity contribution in [2.24, 2.45) is 0 Å². The van der Waals surface area contributed by atoms with Crippen LogP contribution in [-0.2, 0) is 24.1 Å². The number of terminal acetylenes is 1. The van der Waals surface area contributed by atoms with E-state index in [0.29, 0.717) is 13.0 Å². The first-order valence-corrected chi connectivity index (χ1v) is 5.99. The maximum Gasteiger partial charge on any atom is 0.227 e. The number of carbonyl (C=O) groups excluding carboxylic acids is 1. The van der Waals surface area contributed by atoms with Gasteiger partial charge in [0, 0.05) is 7.05 Å². The molecule has 17 heavy (non-hydrogen) atoms. The van der Waals surface area contributed by atoms with E-state index in [1.54, 1.807) is 11.9 Å². The smallest absolute Gasteiger partial charge is 0.227 e. The Balaban J connectivity index is 2.04. The molecule has 1 aliphatic rings. The van der Waals surface area contributed by atoms with Crippen molar-refractivity contribution < 1.29 is 4.79 Å². The summed E-state index contributed by atoms with van der Waals surface area (Å²) in [5.74, 6) is 2.57. The van der Waals surface area contributed by atoms with Crippen molar-refractivity contribution in [1.82, 2.24) is 4.90 Å². The van der Waals surface area contributed by atoms with Gasteiger partial charge in [0.1, 0.15) is 0 Å². The van der Waals surface area contributed by atoms with Gasteiger partial charge in [0.2, 0.25) is 5.91 Å². The average molecular weight is 227 g/mol. The molecule has 0 atom stereocenters. The number of carbonyl (C=O) groups is 1. The van der Waals surface area contributed by atoms with Crippen molar-refractivity contribution in [2.45, 2.75) is 25.7 Å². The van der Waals surface area contributed by atoms with Crippen LogP contribution in [0.5, 0.6) is 0 Å². The second kappa shape index (κ2) is 5.05.